The number of carbonyl (C=O) groups excluding carboxylic acids is 1. The number of anilines is 1. The molecule has 0 fully saturated rings. The van der Waals surface area contributed by atoms with Gasteiger partial charge in [-0.25, -0.2) is 4.99 Å². The molecule has 1 unspecified atom stereocenters. The molecule has 1 aromatic carbocycles. The van der Waals surface area contributed by atoms with Gasteiger partial charge in [0, 0.05) is 5.69 Å². The first-order valence-electron chi connectivity index (χ1n) is 6.45. The van der Waals surface area contributed by atoms with E-state index >= 15 is 0 Å². The lowest BCUT2D eigenvalue weighted by Gasteiger charge is -1.99. The topological polar surface area (TPSA) is 81.9 Å². The molecule has 0 aliphatic heterocycles. The largest absolute Gasteiger partial charge is 0.508 e. The van der Waals surface area contributed by atoms with Gasteiger partial charge in [-0.3, -0.25) is 4.79 Å². The number of phenols is 1. The number of nitrogens with one attached hydrogen (secondary N) is 1. The highest BCUT2D eigenvalue weighted by Crippen LogP contribution is 2.27. The number of thiophene rings is 1. The van der Waals surface area contributed by atoms with Crippen molar-refractivity contribution >= 4 is 35.3 Å². The number of benzene rings is 1. The van der Waals surface area contributed by atoms with Gasteiger partial charge in [0.15, 0.2) is 6.29 Å². The second kappa shape index (κ2) is 7.41. The molecule has 0 saturated carbocycles. The van der Waals surface area contributed by atoms with Gasteiger partial charge >= 0.3 is 0 Å². The van der Waals surface area contributed by atoms with E-state index in [0.29, 0.717) is 15.4 Å². The van der Waals surface area contributed by atoms with Gasteiger partial charge in [-0.05, 0) is 37.3 Å². The Kier molecular flexibility index (Phi) is 5.31. The van der Waals surface area contributed by atoms with Gasteiger partial charge in [-0.15, -0.1) is 11.3 Å². The van der Waals surface area contributed by atoms with Crippen LogP contribution in [0.15, 0.2) is 35.3 Å². The summed E-state index contributed by atoms with van der Waals surface area (Å²) < 4.78 is 0. The van der Waals surface area contributed by atoms with Crippen molar-refractivity contribution in [2.24, 2.45) is 4.99 Å². The Bertz CT molecular complexity index is 737. The number of aliphatic imine (C=N–C) groups is 1. The van der Waals surface area contributed by atoms with Crippen LogP contribution in [0.5, 0.6) is 5.75 Å². The summed E-state index contributed by atoms with van der Waals surface area (Å²) in [6.07, 6.45) is 1.48. The van der Waals surface area contributed by atoms with E-state index in [1.54, 1.807) is 37.3 Å². The lowest BCUT2D eigenvalue weighted by molar-refractivity contribution is 0.112. The fourth-order valence-corrected chi connectivity index (χ4v) is 2.33. The van der Waals surface area contributed by atoms with Gasteiger partial charge < -0.3 is 15.5 Å². The summed E-state index contributed by atoms with van der Waals surface area (Å²) in [5.74, 6) is 5.60. The molecule has 2 rings (SSSR count). The number of phenolic OH excluding ortho intramolecular Hbond substituents is 1. The fraction of sp³-hybridized carbons (Fsp3) is 0.125. The number of aliphatic hydroxyl groups excluding tert-OH is 1. The number of aldehydes is 1. The Morgan fingerprint density at radius 2 is 2.09 bits per heavy atom. The van der Waals surface area contributed by atoms with E-state index in [4.69, 9.17) is 5.11 Å². The number of rotatable bonds is 4. The Morgan fingerprint density at radius 1 is 1.36 bits per heavy atom. The fourth-order valence-electron chi connectivity index (χ4n) is 1.55. The Morgan fingerprint density at radius 3 is 2.73 bits per heavy atom. The Balaban J connectivity index is 2.11. The van der Waals surface area contributed by atoms with Crippen LogP contribution >= 0.6 is 11.3 Å². The first-order valence-corrected chi connectivity index (χ1v) is 7.27. The quantitative estimate of drug-likeness (QED) is 0.266. The molecule has 2 aromatic rings. The molecule has 112 valence electrons. The summed E-state index contributed by atoms with van der Waals surface area (Å²) in [6.45, 7) is 1.57. The van der Waals surface area contributed by atoms with Gasteiger partial charge in [0.1, 0.15) is 11.9 Å². The van der Waals surface area contributed by atoms with Crippen LogP contribution in [0.4, 0.5) is 11.4 Å². The lowest BCUT2D eigenvalue weighted by Crippen LogP contribution is -1.93. The second-order valence-corrected chi connectivity index (χ2v) is 5.46. The summed E-state index contributed by atoms with van der Waals surface area (Å²) >= 11 is 1.22. The van der Waals surface area contributed by atoms with Crippen molar-refractivity contribution in [3.8, 4) is 17.6 Å². The number of hydrogen-bond acceptors (Lipinski definition) is 5. The van der Waals surface area contributed by atoms with Crippen LogP contribution < -0.4 is 5.32 Å². The maximum absolute atomic E-state index is 11.0. The number of carbonyl (C=O) groups is 1. The normalized spacial score (nSPS) is 11.7. The smallest absolute Gasteiger partial charge is 0.162 e. The van der Waals surface area contributed by atoms with Gasteiger partial charge in [0.2, 0.25) is 0 Å². The van der Waals surface area contributed by atoms with Gasteiger partial charge in [-0.2, -0.15) is 0 Å². The highest BCUT2D eigenvalue weighted by atomic mass is 32.1. The van der Waals surface area contributed by atoms with Crippen LogP contribution in [0.3, 0.4) is 0 Å². The van der Waals surface area contributed by atoms with Crippen molar-refractivity contribution in [1.82, 2.24) is 0 Å². The number of nitrogens with zero attached hydrogens (tertiary/aromatic N) is 1. The molecule has 6 heteroatoms. The first kappa shape index (κ1) is 15.8. The predicted molar refractivity (Wildman–Crippen MR) is 88.1 cm³/mol. The molecule has 1 aromatic heterocycles. The van der Waals surface area contributed by atoms with E-state index in [1.165, 1.54) is 17.7 Å². The van der Waals surface area contributed by atoms with E-state index in [0.717, 1.165) is 12.0 Å². The van der Waals surface area contributed by atoms with Crippen molar-refractivity contribution in [2.45, 2.75) is 13.0 Å². The van der Waals surface area contributed by atoms with Crippen molar-refractivity contribution in [3.63, 3.8) is 0 Å². The standard InChI is InChI=1S/C16H14N2O3S/c1-11(20)2-7-14-8-15(16(9-19)22-14)18-10-17-12-3-5-13(21)6-4-12/h3-6,8-11,20-21H,1H3,(H,17,18). The van der Waals surface area contributed by atoms with Crippen LogP contribution in [-0.2, 0) is 0 Å². The zero-order valence-corrected chi connectivity index (χ0v) is 12.6. The van der Waals surface area contributed by atoms with Crippen LogP contribution in [-0.4, -0.2) is 28.9 Å². The molecule has 0 aliphatic rings. The third-order valence-corrected chi connectivity index (χ3v) is 3.52. The molecule has 0 bridgehead atoms. The SMILES string of the molecule is CC(O)C#Cc1cc(/N=C\Nc2ccc(O)cc2)c(C=O)s1. The average Bonchev–Trinajstić information content (AvgIpc) is 2.89. The summed E-state index contributed by atoms with van der Waals surface area (Å²) in [5.41, 5.74) is 1.28. The van der Waals surface area contributed by atoms with Crippen molar-refractivity contribution in [1.29, 1.82) is 0 Å². The summed E-state index contributed by atoms with van der Waals surface area (Å²) in [7, 11) is 0. The molecule has 0 aliphatic carbocycles. The Hall–Kier alpha value is -2.62. The minimum Gasteiger partial charge on any atom is -0.508 e. The molecule has 22 heavy (non-hydrogen) atoms. The Labute approximate surface area is 132 Å². The molecule has 0 spiro atoms. The minimum absolute atomic E-state index is 0.185. The van der Waals surface area contributed by atoms with E-state index in [1.807, 2.05) is 0 Å². The van der Waals surface area contributed by atoms with Crippen LogP contribution in [0.1, 0.15) is 21.5 Å². The molecule has 1 heterocycles. The van der Waals surface area contributed by atoms with E-state index in [9.17, 15) is 9.90 Å². The highest BCUT2D eigenvalue weighted by molar-refractivity contribution is 7.14. The van der Waals surface area contributed by atoms with Crippen LogP contribution in [0.25, 0.3) is 0 Å². The third kappa shape index (κ3) is 4.45. The number of aromatic hydroxyl groups is 1. The highest BCUT2D eigenvalue weighted by Gasteiger charge is 2.05. The first-order chi connectivity index (χ1) is 10.6. The molecule has 3 N–H and O–H groups in total. The molecule has 0 amide bonds. The lowest BCUT2D eigenvalue weighted by atomic mass is 10.3. The minimum atomic E-state index is -0.718. The maximum atomic E-state index is 11.0. The zero-order valence-electron chi connectivity index (χ0n) is 11.8. The molecule has 5 nitrogen and oxygen atoms in total. The molecular weight excluding hydrogens is 300 g/mol. The third-order valence-electron chi connectivity index (χ3n) is 2.55. The number of aliphatic hydroxyl groups is 1. The van der Waals surface area contributed by atoms with Crippen LogP contribution in [0, 0.1) is 11.8 Å². The molecular formula is C16H14N2O3S. The number of hydrogen-bond donors (Lipinski definition) is 3. The summed E-state index contributed by atoms with van der Waals surface area (Å²) in [5, 5.41) is 21.3. The summed E-state index contributed by atoms with van der Waals surface area (Å²) in [4.78, 5) is 16.4. The van der Waals surface area contributed by atoms with Gasteiger partial charge in [-0.1, -0.05) is 11.8 Å². The maximum Gasteiger partial charge on any atom is 0.162 e. The van der Waals surface area contributed by atoms with Crippen LogP contribution in [0.2, 0.25) is 0 Å². The van der Waals surface area contributed by atoms with Crippen molar-refractivity contribution in [2.75, 3.05) is 5.32 Å². The van der Waals surface area contributed by atoms with Gasteiger partial charge in [0.05, 0.1) is 21.8 Å². The molecule has 1 atom stereocenters. The zero-order chi connectivity index (χ0) is 15.9. The predicted octanol–water partition coefficient (Wildman–Crippen LogP) is 2.77. The van der Waals surface area contributed by atoms with Crippen molar-refractivity contribution in [3.05, 3.63) is 40.1 Å². The van der Waals surface area contributed by atoms with E-state index in [-0.39, 0.29) is 5.75 Å². The molecule has 0 saturated heterocycles. The monoisotopic (exact) mass is 314 g/mol. The second-order valence-electron chi connectivity index (χ2n) is 4.37. The molecule has 0 radical (unpaired) electrons. The van der Waals surface area contributed by atoms with E-state index in [2.05, 4.69) is 22.2 Å². The van der Waals surface area contributed by atoms with Crippen molar-refractivity contribution < 1.29 is 15.0 Å². The summed E-state index contributed by atoms with van der Waals surface area (Å²) in [6, 6.07) is 8.21. The average molecular weight is 314 g/mol. The van der Waals surface area contributed by atoms with E-state index < -0.39 is 6.10 Å². The van der Waals surface area contributed by atoms with Gasteiger partial charge in [0.25, 0.3) is 0 Å².